The summed E-state index contributed by atoms with van der Waals surface area (Å²) in [4.78, 5) is 14.3. The third-order valence-corrected chi connectivity index (χ3v) is 2.01. The number of hydrogen-bond acceptors (Lipinski definition) is 2. The van der Waals surface area contributed by atoms with Crippen molar-refractivity contribution < 1.29 is 22.4 Å². The summed E-state index contributed by atoms with van der Waals surface area (Å²) in [6, 6.07) is 2.62. The van der Waals surface area contributed by atoms with Gasteiger partial charge in [-0.3, -0.25) is 4.79 Å². The molecule has 0 aliphatic carbocycles. The van der Waals surface area contributed by atoms with E-state index in [-0.39, 0.29) is 5.82 Å². The van der Waals surface area contributed by atoms with Gasteiger partial charge < -0.3 is 5.32 Å². The fourth-order valence-corrected chi connectivity index (χ4v) is 0.983. The molecule has 88 valence electrons. The lowest BCUT2D eigenvalue weighted by atomic mass is 10.3. The van der Waals surface area contributed by atoms with Crippen LogP contribution < -0.4 is 5.32 Å². The molecule has 0 saturated heterocycles. The van der Waals surface area contributed by atoms with Gasteiger partial charge in [0.1, 0.15) is 5.82 Å². The van der Waals surface area contributed by atoms with Crippen LogP contribution in [0.2, 0.25) is 0 Å². The molecular weight excluding hydrogens is 296 g/mol. The topological polar surface area (TPSA) is 42.0 Å². The van der Waals surface area contributed by atoms with Crippen LogP contribution in [0.1, 0.15) is 0 Å². The summed E-state index contributed by atoms with van der Waals surface area (Å²) in [5, 5.41) is 1.59. The Balaban J connectivity index is 2.75. The Morgan fingerprint density at radius 1 is 1.44 bits per heavy atom. The predicted octanol–water partition coefficient (Wildman–Crippen LogP) is 2.68. The first-order valence-electron chi connectivity index (χ1n) is 3.93. The maximum Gasteiger partial charge on any atom is 0.383 e. The third kappa shape index (κ3) is 2.91. The van der Waals surface area contributed by atoms with Crippen LogP contribution in [0.15, 0.2) is 22.8 Å². The number of pyridine rings is 1. The van der Waals surface area contributed by atoms with E-state index in [0.717, 1.165) is 0 Å². The molecule has 1 aromatic rings. The maximum atomic E-state index is 12.5. The highest BCUT2D eigenvalue weighted by Gasteiger charge is 2.49. The normalized spacial score (nSPS) is 11.6. The second kappa shape index (κ2) is 4.77. The number of rotatable bonds is 3. The molecule has 8 heteroatoms. The minimum atomic E-state index is -4.73. The summed E-state index contributed by atoms with van der Waals surface area (Å²) in [6.07, 6.45) is -2.82. The van der Waals surface area contributed by atoms with Crippen molar-refractivity contribution in [2.75, 3.05) is 5.32 Å². The second-order valence-electron chi connectivity index (χ2n) is 2.74. The highest BCUT2D eigenvalue weighted by atomic mass is 79.9. The summed E-state index contributed by atoms with van der Waals surface area (Å²) < 4.78 is 49.2. The lowest BCUT2D eigenvalue weighted by Gasteiger charge is -2.14. The maximum absolute atomic E-state index is 12.5. The van der Waals surface area contributed by atoms with E-state index in [1.54, 1.807) is 5.32 Å². The van der Waals surface area contributed by atoms with Crippen LogP contribution in [-0.4, -0.2) is 23.2 Å². The average molecular weight is 301 g/mol. The fourth-order valence-electron chi connectivity index (χ4n) is 0.749. The number of alkyl halides is 4. The Morgan fingerprint density at radius 3 is 2.50 bits per heavy atom. The smallest absolute Gasteiger partial charge is 0.305 e. The van der Waals surface area contributed by atoms with Crippen molar-refractivity contribution in [1.82, 2.24) is 4.98 Å². The van der Waals surface area contributed by atoms with E-state index in [1.807, 2.05) is 0 Å². The van der Waals surface area contributed by atoms with Crippen LogP contribution in [0.25, 0.3) is 0 Å². The number of hydrogen-bond donors (Lipinski definition) is 1. The van der Waals surface area contributed by atoms with Crippen molar-refractivity contribution in [2.45, 2.75) is 12.3 Å². The fraction of sp³-hybridized carbons (Fsp3) is 0.250. The van der Waals surface area contributed by atoms with Gasteiger partial charge in [0.05, 0.1) is 0 Å². The van der Waals surface area contributed by atoms with Crippen molar-refractivity contribution in [3.8, 4) is 0 Å². The number of halogens is 5. The first-order chi connectivity index (χ1) is 7.34. The predicted molar refractivity (Wildman–Crippen MR) is 51.5 cm³/mol. The molecule has 0 aliphatic rings. The molecule has 16 heavy (non-hydrogen) atoms. The lowest BCUT2D eigenvalue weighted by molar-refractivity contribution is -0.163. The molecule has 3 nitrogen and oxygen atoms in total. The van der Waals surface area contributed by atoms with Crippen molar-refractivity contribution in [3.05, 3.63) is 22.8 Å². The van der Waals surface area contributed by atoms with Crippen LogP contribution in [0.5, 0.6) is 0 Å². The Hall–Kier alpha value is -1.18. The van der Waals surface area contributed by atoms with E-state index in [0.29, 0.717) is 4.47 Å². The summed E-state index contributed by atoms with van der Waals surface area (Å²) in [7, 11) is 0. The quantitative estimate of drug-likeness (QED) is 0.872. The zero-order valence-corrected chi connectivity index (χ0v) is 9.14. The molecule has 0 unspecified atom stereocenters. The average Bonchev–Trinajstić information content (AvgIpc) is 2.21. The van der Waals surface area contributed by atoms with E-state index in [4.69, 9.17) is 0 Å². The monoisotopic (exact) mass is 300 g/mol. The molecular formula is C8H5BrF4N2O. The molecule has 0 aliphatic heterocycles. The van der Waals surface area contributed by atoms with E-state index in [9.17, 15) is 22.4 Å². The molecule has 0 radical (unpaired) electrons. The summed E-state index contributed by atoms with van der Waals surface area (Å²) in [5.74, 6) is -7.04. The van der Waals surface area contributed by atoms with Gasteiger partial charge in [0.15, 0.2) is 0 Å². The van der Waals surface area contributed by atoms with E-state index < -0.39 is 18.3 Å². The molecule has 0 fully saturated rings. The van der Waals surface area contributed by atoms with Crippen molar-refractivity contribution in [1.29, 1.82) is 0 Å². The van der Waals surface area contributed by atoms with E-state index >= 15 is 0 Å². The minimum absolute atomic E-state index is 0.228. The third-order valence-electron chi connectivity index (χ3n) is 1.55. The number of carbonyl (C=O) groups excluding carboxylic acids is 1. The molecule has 1 heterocycles. The molecule has 1 aromatic heterocycles. The summed E-state index contributed by atoms with van der Waals surface area (Å²) in [5.41, 5.74) is 0. The molecule has 0 spiro atoms. The van der Waals surface area contributed by atoms with Crippen molar-refractivity contribution in [3.63, 3.8) is 0 Å². The van der Waals surface area contributed by atoms with Gasteiger partial charge in [-0.05, 0) is 28.1 Å². The second-order valence-corrected chi connectivity index (χ2v) is 3.66. The van der Waals surface area contributed by atoms with Crippen LogP contribution in [0.3, 0.4) is 0 Å². The highest BCUT2D eigenvalue weighted by molar-refractivity contribution is 9.10. The van der Waals surface area contributed by atoms with E-state index in [2.05, 4.69) is 20.9 Å². The van der Waals surface area contributed by atoms with Gasteiger partial charge in [-0.25, -0.2) is 13.8 Å². The van der Waals surface area contributed by atoms with Gasteiger partial charge in [0.25, 0.3) is 0 Å². The van der Waals surface area contributed by atoms with Crippen LogP contribution in [0.4, 0.5) is 23.4 Å². The van der Waals surface area contributed by atoms with Crippen LogP contribution in [-0.2, 0) is 4.79 Å². The highest BCUT2D eigenvalue weighted by Crippen LogP contribution is 2.24. The number of aromatic nitrogens is 1. The number of carbonyl (C=O) groups is 1. The first-order valence-corrected chi connectivity index (χ1v) is 4.72. The van der Waals surface area contributed by atoms with Gasteiger partial charge >= 0.3 is 18.3 Å². The largest absolute Gasteiger partial charge is 0.383 e. The first kappa shape index (κ1) is 12.9. The Kier molecular flexibility index (Phi) is 3.84. The van der Waals surface area contributed by atoms with Crippen LogP contribution >= 0.6 is 15.9 Å². The van der Waals surface area contributed by atoms with Crippen LogP contribution in [0, 0.1) is 0 Å². The molecule has 0 aromatic carbocycles. The zero-order chi connectivity index (χ0) is 12.3. The van der Waals surface area contributed by atoms with Gasteiger partial charge in [-0.15, -0.1) is 0 Å². The van der Waals surface area contributed by atoms with Crippen molar-refractivity contribution in [2.24, 2.45) is 0 Å². The molecule has 0 atom stereocenters. The zero-order valence-electron chi connectivity index (χ0n) is 7.55. The van der Waals surface area contributed by atoms with Gasteiger partial charge in [0.2, 0.25) is 0 Å². The SMILES string of the molecule is O=C(Nc1ccc(Br)cn1)C(F)(F)C(F)F. The molecule has 1 rings (SSSR count). The number of amides is 1. The molecule has 0 bridgehead atoms. The summed E-state index contributed by atoms with van der Waals surface area (Å²) >= 11 is 3.03. The Labute approximate surface area is 96.0 Å². The van der Waals surface area contributed by atoms with Gasteiger partial charge in [-0.1, -0.05) is 0 Å². The molecule has 1 amide bonds. The Morgan fingerprint density at radius 2 is 2.06 bits per heavy atom. The number of nitrogens with one attached hydrogen (secondary N) is 1. The standard InChI is InChI=1S/C8H5BrF4N2O/c9-4-1-2-5(14-3-4)15-7(16)8(12,13)6(10)11/h1-3,6H,(H,14,15,16). The lowest BCUT2D eigenvalue weighted by Crippen LogP contribution is -2.41. The van der Waals surface area contributed by atoms with Gasteiger partial charge in [-0.2, -0.15) is 8.78 Å². The van der Waals surface area contributed by atoms with Crippen molar-refractivity contribution >= 4 is 27.7 Å². The number of nitrogens with zero attached hydrogens (tertiary/aromatic N) is 1. The summed E-state index contributed by atoms with van der Waals surface area (Å²) in [6.45, 7) is 0. The minimum Gasteiger partial charge on any atom is -0.305 e. The number of anilines is 1. The molecule has 0 saturated carbocycles. The molecule has 1 N–H and O–H groups in total. The van der Waals surface area contributed by atoms with E-state index in [1.165, 1.54) is 18.3 Å². The van der Waals surface area contributed by atoms with Gasteiger partial charge in [0, 0.05) is 10.7 Å². The Bertz CT molecular complexity index is 382.